The smallest absolute Gasteiger partial charge is 0.153 e. The van der Waals surface area contributed by atoms with Crippen LogP contribution in [0.1, 0.15) is 6.92 Å². The van der Waals surface area contributed by atoms with Gasteiger partial charge in [-0.05, 0) is 49.4 Å². The molecule has 4 nitrogen and oxygen atoms in total. The molecule has 0 aliphatic heterocycles. The number of hydrogen-bond donors (Lipinski definition) is 1. The highest BCUT2D eigenvalue weighted by atomic mass is 16.5. The maximum absolute atomic E-state index is 5.91. The number of anilines is 1. The van der Waals surface area contributed by atoms with Crippen molar-refractivity contribution in [3.63, 3.8) is 0 Å². The molecule has 0 saturated carbocycles. The summed E-state index contributed by atoms with van der Waals surface area (Å²) in [5.41, 5.74) is 6.51. The molecular formula is C17H16N2O2. The molecule has 2 N–H and O–H groups in total. The number of nitrogens with zero attached hydrogens (tertiary/aromatic N) is 1. The van der Waals surface area contributed by atoms with Gasteiger partial charge in [0.2, 0.25) is 0 Å². The number of pyridine rings is 1. The van der Waals surface area contributed by atoms with Crippen molar-refractivity contribution >= 4 is 16.7 Å². The average Bonchev–Trinajstić information content (AvgIpc) is 2.50. The standard InChI is InChI=1S/C17H16N2O2/c1-2-20-13-7-9-14(10-8-13)21-15-5-3-4-12-6-11-16(18)19-17(12)15/h3-11H,2H2,1H3,(H2,18,19). The summed E-state index contributed by atoms with van der Waals surface area (Å²) in [6.45, 7) is 2.60. The zero-order valence-electron chi connectivity index (χ0n) is 11.7. The van der Waals surface area contributed by atoms with Crippen molar-refractivity contribution in [2.24, 2.45) is 0 Å². The Morgan fingerprint density at radius 2 is 1.71 bits per heavy atom. The van der Waals surface area contributed by atoms with Crippen molar-refractivity contribution in [1.29, 1.82) is 0 Å². The molecule has 0 spiro atoms. The number of hydrogen-bond acceptors (Lipinski definition) is 4. The summed E-state index contributed by atoms with van der Waals surface area (Å²) in [6.07, 6.45) is 0. The van der Waals surface area contributed by atoms with E-state index in [4.69, 9.17) is 15.2 Å². The van der Waals surface area contributed by atoms with Gasteiger partial charge in [-0.1, -0.05) is 12.1 Å². The van der Waals surface area contributed by atoms with E-state index in [2.05, 4.69) is 4.98 Å². The molecular weight excluding hydrogens is 264 g/mol. The summed E-state index contributed by atoms with van der Waals surface area (Å²) in [5.74, 6) is 2.72. The number of nitrogens with two attached hydrogens (primary N) is 1. The molecule has 2 aromatic carbocycles. The minimum Gasteiger partial charge on any atom is -0.494 e. The predicted molar refractivity (Wildman–Crippen MR) is 83.8 cm³/mol. The molecule has 3 aromatic rings. The minimum atomic E-state index is 0.477. The first kappa shape index (κ1) is 13.2. The van der Waals surface area contributed by atoms with E-state index in [-0.39, 0.29) is 0 Å². The van der Waals surface area contributed by atoms with Gasteiger partial charge in [-0.2, -0.15) is 0 Å². The van der Waals surface area contributed by atoms with Gasteiger partial charge in [0, 0.05) is 5.39 Å². The lowest BCUT2D eigenvalue weighted by Gasteiger charge is -2.09. The first-order chi connectivity index (χ1) is 10.3. The second kappa shape index (κ2) is 5.71. The van der Waals surface area contributed by atoms with Gasteiger partial charge < -0.3 is 15.2 Å². The highest BCUT2D eigenvalue weighted by Gasteiger charge is 2.05. The Kier molecular flexibility index (Phi) is 3.60. The number of fused-ring (bicyclic) bond motifs is 1. The lowest BCUT2D eigenvalue weighted by atomic mass is 10.2. The van der Waals surface area contributed by atoms with Gasteiger partial charge in [-0.25, -0.2) is 4.98 Å². The monoisotopic (exact) mass is 280 g/mol. The number of ether oxygens (including phenoxy) is 2. The molecule has 21 heavy (non-hydrogen) atoms. The topological polar surface area (TPSA) is 57.4 Å². The number of para-hydroxylation sites is 1. The first-order valence-electron chi connectivity index (χ1n) is 6.82. The van der Waals surface area contributed by atoms with Crippen LogP contribution in [-0.4, -0.2) is 11.6 Å². The van der Waals surface area contributed by atoms with Crippen LogP contribution in [0.3, 0.4) is 0 Å². The van der Waals surface area contributed by atoms with Crippen molar-refractivity contribution in [3.05, 3.63) is 54.6 Å². The summed E-state index contributed by atoms with van der Waals surface area (Å²) < 4.78 is 11.3. The highest BCUT2D eigenvalue weighted by molar-refractivity contribution is 5.85. The van der Waals surface area contributed by atoms with E-state index in [9.17, 15) is 0 Å². The van der Waals surface area contributed by atoms with Crippen LogP contribution >= 0.6 is 0 Å². The maximum Gasteiger partial charge on any atom is 0.153 e. The molecule has 0 fully saturated rings. The molecule has 0 saturated heterocycles. The molecule has 0 amide bonds. The summed E-state index contributed by atoms with van der Waals surface area (Å²) in [5, 5.41) is 0.993. The van der Waals surface area contributed by atoms with E-state index >= 15 is 0 Å². The van der Waals surface area contributed by atoms with Gasteiger partial charge in [0.15, 0.2) is 5.75 Å². The Balaban J connectivity index is 1.92. The third-order valence-electron chi connectivity index (χ3n) is 3.07. The molecule has 1 heterocycles. The van der Waals surface area contributed by atoms with Crippen molar-refractivity contribution < 1.29 is 9.47 Å². The van der Waals surface area contributed by atoms with Crippen LogP contribution in [-0.2, 0) is 0 Å². The van der Waals surface area contributed by atoms with E-state index in [0.29, 0.717) is 18.2 Å². The fourth-order valence-electron chi connectivity index (χ4n) is 2.11. The van der Waals surface area contributed by atoms with Crippen molar-refractivity contribution in [3.8, 4) is 17.2 Å². The molecule has 106 valence electrons. The number of rotatable bonds is 4. The Hall–Kier alpha value is -2.75. The Morgan fingerprint density at radius 1 is 0.952 bits per heavy atom. The van der Waals surface area contributed by atoms with E-state index in [1.807, 2.05) is 55.5 Å². The SMILES string of the molecule is CCOc1ccc(Oc2cccc3ccc(N)nc23)cc1. The van der Waals surface area contributed by atoms with Crippen LogP contribution in [0, 0.1) is 0 Å². The van der Waals surface area contributed by atoms with Gasteiger partial charge in [-0.3, -0.25) is 0 Å². The molecule has 0 atom stereocenters. The molecule has 0 bridgehead atoms. The molecule has 0 unspecified atom stereocenters. The van der Waals surface area contributed by atoms with Crippen molar-refractivity contribution in [1.82, 2.24) is 4.98 Å². The van der Waals surface area contributed by atoms with Crippen LogP contribution in [0.5, 0.6) is 17.2 Å². The van der Waals surface area contributed by atoms with Crippen LogP contribution in [0.15, 0.2) is 54.6 Å². The first-order valence-corrected chi connectivity index (χ1v) is 6.82. The zero-order valence-corrected chi connectivity index (χ0v) is 11.7. The van der Waals surface area contributed by atoms with E-state index in [1.54, 1.807) is 6.07 Å². The predicted octanol–water partition coefficient (Wildman–Crippen LogP) is 4.01. The molecule has 4 heteroatoms. The van der Waals surface area contributed by atoms with Gasteiger partial charge in [0.1, 0.15) is 22.8 Å². The highest BCUT2D eigenvalue weighted by Crippen LogP contribution is 2.30. The Bertz CT molecular complexity index is 754. The van der Waals surface area contributed by atoms with Gasteiger partial charge in [0.05, 0.1) is 6.61 Å². The number of nitrogen functional groups attached to an aromatic ring is 1. The average molecular weight is 280 g/mol. The third kappa shape index (κ3) is 2.89. The van der Waals surface area contributed by atoms with Crippen LogP contribution in [0.25, 0.3) is 10.9 Å². The van der Waals surface area contributed by atoms with E-state index in [0.717, 1.165) is 22.4 Å². The second-order valence-corrected chi connectivity index (χ2v) is 4.57. The van der Waals surface area contributed by atoms with Gasteiger partial charge in [0.25, 0.3) is 0 Å². The summed E-state index contributed by atoms with van der Waals surface area (Å²) in [6, 6.07) is 17.0. The summed E-state index contributed by atoms with van der Waals surface area (Å²) in [7, 11) is 0. The van der Waals surface area contributed by atoms with E-state index < -0.39 is 0 Å². The van der Waals surface area contributed by atoms with Crippen LogP contribution in [0.2, 0.25) is 0 Å². The molecule has 0 aliphatic rings. The third-order valence-corrected chi connectivity index (χ3v) is 3.07. The second-order valence-electron chi connectivity index (χ2n) is 4.57. The minimum absolute atomic E-state index is 0.477. The van der Waals surface area contributed by atoms with Crippen LogP contribution < -0.4 is 15.2 Å². The largest absolute Gasteiger partial charge is 0.494 e. The van der Waals surface area contributed by atoms with Crippen molar-refractivity contribution in [2.45, 2.75) is 6.92 Å². The summed E-state index contributed by atoms with van der Waals surface area (Å²) >= 11 is 0. The zero-order chi connectivity index (χ0) is 14.7. The quantitative estimate of drug-likeness (QED) is 0.784. The van der Waals surface area contributed by atoms with Gasteiger partial charge >= 0.3 is 0 Å². The fourth-order valence-corrected chi connectivity index (χ4v) is 2.11. The maximum atomic E-state index is 5.91. The fraction of sp³-hybridized carbons (Fsp3) is 0.118. The molecule has 0 radical (unpaired) electrons. The Labute approximate surface area is 123 Å². The molecule has 3 rings (SSSR count). The van der Waals surface area contributed by atoms with Crippen molar-refractivity contribution in [2.75, 3.05) is 12.3 Å². The van der Waals surface area contributed by atoms with E-state index in [1.165, 1.54) is 0 Å². The molecule has 0 aliphatic carbocycles. The van der Waals surface area contributed by atoms with Crippen LogP contribution in [0.4, 0.5) is 5.82 Å². The normalized spacial score (nSPS) is 10.5. The van der Waals surface area contributed by atoms with Gasteiger partial charge in [-0.15, -0.1) is 0 Å². The number of aromatic nitrogens is 1. The summed E-state index contributed by atoms with van der Waals surface area (Å²) in [4.78, 5) is 4.35. The lowest BCUT2D eigenvalue weighted by Crippen LogP contribution is -1.93. The molecule has 1 aromatic heterocycles. The Morgan fingerprint density at radius 3 is 2.48 bits per heavy atom. The lowest BCUT2D eigenvalue weighted by molar-refractivity contribution is 0.339. The number of benzene rings is 2.